The molecule has 0 amide bonds. The van der Waals surface area contributed by atoms with Gasteiger partial charge < -0.3 is 11.1 Å². The van der Waals surface area contributed by atoms with E-state index >= 15 is 0 Å². The van der Waals surface area contributed by atoms with E-state index in [0.717, 1.165) is 18.4 Å². The molecule has 4 unspecified atom stereocenters. The second-order valence-electron chi connectivity index (χ2n) is 5.25. The molecular weight excluding hydrogens is 184 g/mol. The molecule has 1 aliphatic carbocycles. The van der Waals surface area contributed by atoms with Crippen molar-refractivity contribution < 1.29 is 0 Å². The summed E-state index contributed by atoms with van der Waals surface area (Å²) in [5.41, 5.74) is 6.05. The summed E-state index contributed by atoms with van der Waals surface area (Å²) >= 11 is 0. The normalized spacial score (nSPS) is 32.0. The Morgan fingerprint density at radius 3 is 2.33 bits per heavy atom. The van der Waals surface area contributed by atoms with Crippen LogP contribution in [0.15, 0.2) is 0 Å². The van der Waals surface area contributed by atoms with Gasteiger partial charge in [0.2, 0.25) is 0 Å². The van der Waals surface area contributed by atoms with Gasteiger partial charge in [-0.2, -0.15) is 0 Å². The smallest absolute Gasteiger partial charge is 0.00669 e. The van der Waals surface area contributed by atoms with Crippen LogP contribution in [-0.2, 0) is 0 Å². The maximum absolute atomic E-state index is 6.05. The van der Waals surface area contributed by atoms with Gasteiger partial charge in [-0.05, 0) is 51.5 Å². The predicted octanol–water partition coefficient (Wildman–Crippen LogP) is 2.53. The molecule has 0 spiro atoms. The quantitative estimate of drug-likeness (QED) is 0.703. The van der Waals surface area contributed by atoms with Crippen LogP contribution in [0.5, 0.6) is 0 Å². The van der Waals surface area contributed by atoms with E-state index in [9.17, 15) is 0 Å². The SMILES string of the molecule is CCNC(C)C1CCCCC(C(C)N)C1. The minimum atomic E-state index is 0.374. The van der Waals surface area contributed by atoms with Crippen molar-refractivity contribution in [2.75, 3.05) is 6.54 Å². The van der Waals surface area contributed by atoms with Gasteiger partial charge in [-0.3, -0.25) is 0 Å². The number of nitrogens with one attached hydrogen (secondary N) is 1. The minimum absolute atomic E-state index is 0.374. The lowest BCUT2D eigenvalue weighted by atomic mass is 9.85. The fourth-order valence-electron chi connectivity index (χ4n) is 2.86. The van der Waals surface area contributed by atoms with Crippen LogP contribution in [0.3, 0.4) is 0 Å². The first-order valence-corrected chi connectivity index (χ1v) is 6.64. The third-order valence-corrected chi connectivity index (χ3v) is 3.98. The third-order valence-electron chi connectivity index (χ3n) is 3.98. The molecule has 0 saturated heterocycles. The molecule has 2 heteroatoms. The fraction of sp³-hybridized carbons (Fsp3) is 1.00. The highest BCUT2D eigenvalue weighted by Gasteiger charge is 2.25. The third kappa shape index (κ3) is 4.12. The summed E-state index contributed by atoms with van der Waals surface area (Å²) in [6.07, 6.45) is 6.82. The van der Waals surface area contributed by atoms with Crippen LogP contribution in [0.2, 0.25) is 0 Å². The highest BCUT2D eigenvalue weighted by Crippen LogP contribution is 2.31. The maximum Gasteiger partial charge on any atom is 0.00669 e. The molecule has 0 heterocycles. The molecule has 4 atom stereocenters. The molecule has 1 saturated carbocycles. The van der Waals surface area contributed by atoms with E-state index in [1.54, 1.807) is 0 Å². The molecule has 1 aliphatic rings. The van der Waals surface area contributed by atoms with Crippen molar-refractivity contribution in [3.8, 4) is 0 Å². The molecule has 15 heavy (non-hydrogen) atoms. The summed E-state index contributed by atoms with van der Waals surface area (Å²) in [4.78, 5) is 0. The summed E-state index contributed by atoms with van der Waals surface area (Å²) in [5, 5.41) is 3.56. The zero-order chi connectivity index (χ0) is 11.3. The Balaban J connectivity index is 2.48. The lowest BCUT2D eigenvalue weighted by molar-refractivity contribution is 0.283. The van der Waals surface area contributed by atoms with Crippen molar-refractivity contribution in [2.45, 2.75) is 65.0 Å². The first kappa shape index (κ1) is 13.0. The number of hydrogen-bond donors (Lipinski definition) is 2. The standard InChI is InChI=1S/C13H28N2/c1-4-15-11(3)13-8-6-5-7-12(9-13)10(2)14/h10-13,15H,4-9,14H2,1-3H3. The number of nitrogens with two attached hydrogens (primary N) is 1. The second kappa shape index (κ2) is 6.49. The van der Waals surface area contributed by atoms with Crippen LogP contribution < -0.4 is 11.1 Å². The Hall–Kier alpha value is -0.0800. The highest BCUT2D eigenvalue weighted by atomic mass is 14.9. The largest absolute Gasteiger partial charge is 0.328 e. The molecule has 2 nitrogen and oxygen atoms in total. The van der Waals surface area contributed by atoms with E-state index in [2.05, 4.69) is 26.1 Å². The van der Waals surface area contributed by atoms with Crippen molar-refractivity contribution in [1.29, 1.82) is 0 Å². The van der Waals surface area contributed by atoms with E-state index in [4.69, 9.17) is 5.73 Å². The van der Waals surface area contributed by atoms with Crippen LogP contribution in [0.4, 0.5) is 0 Å². The average molecular weight is 212 g/mol. The Morgan fingerprint density at radius 2 is 1.80 bits per heavy atom. The summed E-state index contributed by atoms with van der Waals surface area (Å²) in [5.74, 6) is 1.59. The topological polar surface area (TPSA) is 38.0 Å². The van der Waals surface area contributed by atoms with E-state index in [1.807, 2.05) is 0 Å². The van der Waals surface area contributed by atoms with Gasteiger partial charge in [0, 0.05) is 12.1 Å². The van der Waals surface area contributed by atoms with Crippen molar-refractivity contribution in [3.63, 3.8) is 0 Å². The highest BCUT2D eigenvalue weighted by molar-refractivity contribution is 4.81. The molecule has 3 N–H and O–H groups in total. The molecule has 1 fully saturated rings. The van der Waals surface area contributed by atoms with Crippen molar-refractivity contribution in [3.05, 3.63) is 0 Å². The zero-order valence-electron chi connectivity index (χ0n) is 10.6. The van der Waals surface area contributed by atoms with Crippen LogP contribution in [0.1, 0.15) is 52.9 Å². The van der Waals surface area contributed by atoms with E-state index < -0.39 is 0 Å². The Kier molecular flexibility index (Phi) is 5.62. The Labute approximate surface area is 95.0 Å². The summed E-state index contributed by atoms with van der Waals surface area (Å²) < 4.78 is 0. The summed E-state index contributed by atoms with van der Waals surface area (Å²) in [6, 6.07) is 1.04. The van der Waals surface area contributed by atoms with Crippen LogP contribution >= 0.6 is 0 Å². The monoisotopic (exact) mass is 212 g/mol. The van der Waals surface area contributed by atoms with Crippen LogP contribution in [0, 0.1) is 11.8 Å². The molecule has 0 aromatic rings. The van der Waals surface area contributed by atoms with E-state index in [-0.39, 0.29) is 0 Å². The molecule has 0 aromatic heterocycles. The molecular formula is C13H28N2. The van der Waals surface area contributed by atoms with Gasteiger partial charge in [-0.25, -0.2) is 0 Å². The van der Waals surface area contributed by atoms with Gasteiger partial charge in [-0.15, -0.1) is 0 Å². The first-order valence-electron chi connectivity index (χ1n) is 6.64. The number of hydrogen-bond acceptors (Lipinski definition) is 2. The maximum atomic E-state index is 6.05. The predicted molar refractivity (Wildman–Crippen MR) is 66.9 cm³/mol. The van der Waals surface area contributed by atoms with E-state index in [1.165, 1.54) is 32.1 Å². The number of rotatable bonds is 4. The van der Waals surface area contributed by atoms with Gasteiger partial charge in [-0.1, -0.05) is 19.8 Å². The summed E-state index contributed by atoms with van der Waals surface area (Å²) in [6.45, 7) is 7.78. The molecule has 90 valence electrons. The van der Waals surface area contributed by atoms with Gasteiger partial charge in [0.05, 0.1) is 0 Å². The summed E-state index contributed by atoms with van der Waals surface area (Å²) in [7, 11) is 0. The Bertz CT molecular complexity index is 168. The van der Waals surface area contributed by atoms with Crippen LogP contribution in [0.25, 0.3) is 0 Å². The van der Waals surface area contributed by atoms with Gasteiger partial charge in [0.25, 0.3) is 0 Å². The average Bonchev–Trinajstić information content (AvgIpc) is 2.43. The van der Waals surface area contributed by atoms with Crippen molar-refractivity contribution >= 4 is 0 Å². The van der Waals surface area contributed by atoms with Crippen molar-refractivity contribution in [1.82, 2.24) is 5.32 Å². The van der Waals surface area contributed by atoms with Crippen LogP contribution in [-0.4, -0.2) is 18.6 Å². The lowest BCUT2D eigenvalue weighted by Crippen LogP contribution is -2.36. The molecule has 0 bridgehead atoms. The minimum Gasteiger partial charge on any atom is -0.328 e. The second-order valence-corrected chi connectivity index (χ2v) is 5.25. The van der Waals surface area contributed by atoms with Crippen molar-refractivity contribution in [2.24, 2.45) is 17.6 Å². The lowest BCUT2D eigenvalue weighted by Gasteiger charge is -2.27. The van der Waals surface area contributed by atoms with Gasteiger partial charge in [0.1, 0.15) is 0 Å². The zero-order valence-corrected chi connectivity index (χ0v) is 10.6. The van der Waals surface area contributed by atoms with E-state index in [0.29, 0.717) is 12.1 Å². The fourth-order valence-corrected chi connectivity index (χ4v) is 2.86. The molecule has 0 aliphatic heterocycles. The Morgan fingerprint density at radius 1 is 1.20 bits per heavy atom. The van der Waals surface area contributed by atoms with Gasteiger partial charge in [0.15, 0.2) is 0 Å². The van der Waals surface area contributed by atoms with Gasteiger partial charge >= 0.3 is 0 Å². The molecule has 0 radical (unpaired) electrons. The molecule has 1 rings (SSSR count). The molecule has 0 aromatic carbocycles. The first-order chi connectivity index (χ1) is 7.15.